The Bertz CT molecular complexity index is 613. The highest BCUT2D eigenvalue weighted by atomic mass is 16.5. The topological polar surface area (TPSA) is 41.5 Å². The molecule has 1 saturated heterocycles. The van der Waals surface area contributed by atoms with Gasteiger partial charge in [-0.15, -0.1) is 0 Å². The lowest BCUT2D eigenvalue weighted by Crippen LogP contribution is -2.53. The summed E-state index contributed by atoms with van der Waals surface area (Å²) in [5.41, 5.74) is 1.01. The average Bonchev–Trinajstić information content (AvgIpc) is 2.56. The summed E-state index contributed by atoms with van der Waals surface area (Å²) < 4.78 is 5.48. The number of hydrogen-bond acceptors (Lipinski definition) is 5. The third-order valence-electron chi connectivity index (χ3n) is 4.31. The summed E-state index contributed by atoms with van der Waals surface area (Å²) in [6, 6.07) is 8.73. The molecule has 3 rings (SSSR count). The van der Waals surface area contributed by atoms with Crippen molar-refractivity contribution in [3.63, 3.8) is 0 Å². The summed E-state index contributed by atoms with van der Waals surface area (Å²) in [5.74, 6) is 1.06. The van der Waals surface area contributed by atoms with E-state index in [1.165, 1.54) is 0 Å². The van der Waals surface area contributed by atoms with Gasteiger partial charge in [0.05, 0.1) is 12.1 Å². The smallest absolute Gasteiger partial charge is 0.139 e. The van der Waals surface area contributed by atoms with Crippen LogP contribution in [0.5, 0.6) is 0 Å². The molecule has 2 aromatic rings. The van der Waals surface area contributed by atoms with Crippen molar-refractivity contribution in [3.05, 3.63) is 30.6 Å². The Hall–Kier alpha value is -1.72. The van der Waals surface area contributed by atoms with Crippen LogP contribution in [0.25, 0.3) is 10.9 Å². The Morgan fingerprint density at radius 3 is 2.91 bits per heavy atom. The largest absolute Gasteiger partial charge is 0.380 e. The fraction of sp³-hybridized carbons (Fsp3) is 0.529. The maximum Gasteiger partial charge on any atom is 0.139 e. The van der Waals surface area contributed by atoms with Crippen LogP contribution in [-0.4, -0.2) is 60.3 Å². The number of para-hydroxylation sites is 1. The van der Waals surface area contributed by atoms with E-state index in [9.17, 15) is 0 Å². The van der Waals surface area contributed by atoms with Crippen molar-refractivity contribution in [3.8, 4) is 0 Å². The molecule has 22 heavy (non-hydrogen) atoms. The molecule has 5 heteroatoms. The molecule has 1 aliphatic rings. The molecular weight excluding hydrogens is 276 g/mol. The Balaban J connectivity index is 1.72. The van der Waals surface area contributed by atoms with Crippen LogP contribution in [0.4, 0.5) is 5.82 Å². The summed E-state index contributed by atoms with van der Waals surface area (Å²) in [7, 11) is 0. The first-order chi connectivity index (χ1) is 10.8. The van der Waals surface area contributed by atoms with Gasteiger partial charge in [-0.1, -0.05) is 12.1 Å². The second-order valence-electron chi connectivity index (χ2n) is 5.74. The maximum absolute atomic E-state index is 5.48. The summed E-state index contributed by atoms with van der Waals surface area (Å²) in [4.78, 5) is 13.8. The molecule has 1 atom stereocenters. The summed E-state index contributed by atoms with van der Waals surface area (Å²) in [6.45, 7) is 9.98. The van der Waals surface area contributed by atoms with Gasteiger partial charge in [0, 0.05) is 44.2 Å². The molecule has 0 bridgehead atoms. The molecule has 2 heterocycles. The first-order valence-corrected chi connectivity index (χ1v) is 8.06. The SMILES string of the molecule is CCOCCN1CCN(c2ncnc3ccccc23)C[C@@H]1C. The third kappa shape index (κ3) is 3.20. The molecule has 118 valence electrons. The van der Waals surface area contributed by atoms with Crippen LogP contribution in [0.3, 0.4) is 0 Å². The lowest BCUT2D eigenvalue weighted by atomic mass is 10.1. The van der Waals surface area contributed by atoms with Crippen LogP contribution < -0.4 is 4.90 Å². The van der Waals surface area contributed by atoms with E-state index >= 15 is 0 Å². The van der Waals surface area contributed by atoms with Gasteiger partial charge in [0.15, 0.2) is 0 Å². The van der Waals surface area contributed by atoms with E-state index in [2.05, 4.69) is 38.8 Å². The molecule has 0 unspecified atom stereocenters. The standard InChI is InChI=1S/C17H24N4O/c1-3-22-11-10-20-8-9-21(12-14(20)2)17-15-6-4-5-7-16(15)18-13-19-17/h4-7,13-14H,3,8-12H2,1-2H3/t14-/m0/s1. The van der Waals surface area contributed by atoms with E-state index < -0.39 is 0 Å². The highest BCUT2D eigenvalue weighted by molar-refractivity contribution is 5.89. The van der Waals surface area contributed by atoms with Gasteiger partial charge in [0.25, 0.3) is 0 Å². The minimum Gasteiger partial charge on any atom is -0.380 e. The molecule has 1 fully saturated rings. The van der Waals surface area contributed by atoms with E-state index in [4.69, 9.17) is 4.74 Å². The number of nitrogens with zero attached hydrogens (tertiary/aromatic N) is 4. The summed E-state index contributed by atoms with van der Waals surface area (Å²) in [6.07, 6.45) is 1.67. The van der Waals surface area contributed by atoms with Crippen LogP contribution in [0.1, 0.15) is 13.8 Å². The molecule has 1 aromatic carbocycles. The molecule has 5 nitrogen and oxygen atoms in total. The molecule has 0 amide bonds. The van der Waals surface area contributed by atoms with Gasteiger partial charge in [-0.2, -0.15) is 0 Å². The van der Waals surface area contributed by atoms with Crippen LogP contribution >= 0.6 is 0 Å². The van der Waals surface area contributed by atoms with Crippen molar-refractivity contribution < 1.29 is 4.74 Å². The lowest BCUT2D eigenvalue weighted by molar-refractivity contribution is 0.0925. The molecule has 0 radical (unpaired) electrons. The van der Waals surface area contributed by atoms with E-state index in [0.717, 1.165) is 56.1 Å². The van der Waals surface area contributed by atoms with Gasteiger partial charge in [-0.05, 0) is 26.0 Å². The molecule has 0 N–H and O–H groups in total. The van der Waals surface area contributed by atoms with Crippen LogP contribution in [-0.2, 0) is 4.74 Å². The Kier molecular flexibility index (Phi) is 4.85. The molecule has 1 aromatic heterocycles. The highest BCUT2D eigenvalue weighted by Gasteiger charge is 2.25. The summed E-state index contributed by atoms with van der Waals surface area (Å²) in [5, 5.41) is 1.14. The zero-order chi connectivity index (χ0) is 15.4. The number of ether oxygens (including phenoxy) is 1. The molecule has 0 saturated carbocycles. The number of hydrogen-bond donors (Lipinski definition) is 0. The first-order valence-electron chi connectivity index (χ1n) is 8.06. The zero-order valence-electron chi connectivity index (χ0n) is 13.4. The van der Waals surface area contributed by atoms with Gasteiger partial charge >= 0.3 is 0 Å². The number of rotatable bonds is 5. The lowest BCUT2D eigenvalue weighted by Gasteiger charge is -2.40. The van der Waals surface area contributed by atoms with Gasteiger partial charge in [0.2, 0.25) is 0 Å². The van der Waals surface area contributed by atoms with E-state index in [1.54, 1.807) is 6.33 Å². The first kappa shape index (κ1) is 15.2. The Morgan fingerprint density at radius 2 is 2.09 bits per heavy atom. The zero-order valence-corrected chi connectivity index (χ0v) is 13.4. The number of piperazine rings is 1. The second kappa shape index (κ2) is 7.03. The van der Waals surface area contributed by atoms with E-state index in [0.29, 0.717) is 6.04 Å². The summed E-state index contributed by atoms with van der Waals surface area (Å²) >= 11 is 0. The predicted octanol–water partition coefficient (Wildman–Crippen LogP) is 2.18. The molecule has 0 spiro atoms. The number of aromatic nitrogens is 2. The van der Waals surface area contributed by atoms with Crippen molar-refractivity contribution in [1.82, 2.24) is 14.9 Å². The van der Waals surface area contributed by atoms with Crippen molar-refractivity contribution in [2.45, 2.75) is 19.9 Å². The predicted molar refractivity (Wildman–Crippen MR) is 89.3 cm³/mol. The Morgan fingerprint density at radius 1 is 1.23 bits per heavy atom. The number of benzene rings is 1. The fourth-order valence-corrected chi connectivity index (χ4v) is 3.09. The van der Waals surface area contributed by atoms with Gasteiger partial charge in [-0.25, -0.2) is 9.97 Å². The minimum absolute atomic E-state index is 0.503. The van der Waals surface area contributed by atoms with Crippen molar-refractivity contribution in [2.24, 2.45) is 0 Å². The monoisotopic (exact) mass is 300 g/mol. The van der Waals surface area contributed by atoms with Crippen LogP contribution in [0.15, 0.2) is 30.6 Å². The quantitative estimate of drug-likeness (QED) is 0.792. The third-order valence-corrected chi connectivity index (χ3v) is 4.31. The van der Waals surface area contributed by atoms with Gasteiger partial charge in [0.1, 0.15) is 12.1 Å². The van der Waals surface area contributed by atoms with Crippen molar-refractivity contribution in [2.75, 3.05) is 44.3 Å². The van der Waals surface area contributed by atoms with Crippen molar-refractivity contribution in [1.29, 1.82) is 0 Å². The fourth-order valence-electron chi connectivity index (χ4n) is 3.09. The normalized spacial score (nSPS) is 19.7. The number of fused-ring (bicyclic) bond motifs is 1. The molecular formula is C17H24N4O. The molecule has 1 aliphatic heterocycles. The van der Waals surface area contributed by atoms with Gasteiger partial charge < -0.3 is 9.64 Å². The number of anilines is 1. The maximum atomic E-state index is 5.48. The van der Waals surface area contributed by atoms with E-state index in [1.807, 2.05) is 19.1 Å². The van der Waals surface area contributed by atoms with Crippen LogP contribution in [0.2, 0.25) is 0 Å². The van der Waals surface area contributed by atoms with Crippen molar-refractivity contribution >= 4 is 16.7 Å². The minimum atomic E-state index is 0.503. The highest BCUT2D eigenvalue weighted by Crippen LogP contribution is 2.24. The Labute approximate surface area is 131 Å². The second-order valence-corrected chi connectivity index (χ2v) is 5.74. The van der Waals surface area contributed by atoms with Crippen LogP contribution in [0, 0.1) is 0 Å². The molecule has 0 aliphatic carbocycles. The van der Waals surface area contributed by atoms with Gasteiger partial charge in [-0.3, -0.25) is 4.90 Å². The van der Waals surface area contributed by atoms with E-state index in [-0.39, 0.29) is 0 Å². The average molecular weight is 300 g/mol.